The summed E-state index contributed by atoms with van der Waals surface area (Å²) in [5.41, 5.74) is 9.76. The molecule has 3 heterocycles. The first kappa shape index (κ1) is 26.3. The number of aryl methyl sites for hydroxylation is 1. The van der Waals surface area contributed by atoms with Gasteiger partial charge < -0.3 is 20.3 Å². The van der Waals surface area contributed by atoms with Gasteiger partial charge in [0.1, 0.15) is 17.7 Å². The summed E-state index contributed by atoms with van der Waals surface area (Å²) in [6.07, 6.45) is 5.82. The number of phenolic OH excluding ortho intramolecular Hbond substituents is 1. The molecule has 1 aliphatic carbocycles. The van der Waals surface area contributed by atoms with Crippen LogP contribution in [0.3, 0.4) is 0 Å². The Morgan fingerprint density at radius 3 is 2.76 bits per heavy atom. The summed E-state index contributed by atoms with van der Waals surface area (Å²) in [5.74, 6) is 0.877. The van der Waals surface area contributed by atoms with Crippen LogP contribution in [-0.2, 0) is 6.42 Å². The quantitative estimate of drug-likeness (QED) is 0.321. The lowest BCUT2D eigenvalue weighted by Crippen LogP contribution is -2.45. The molecule has 6 atom stereocenters. The van der Waals surface area contributed by atoms with Crippen molar-refractivity contribution >= 4 is 5.57 Å². The Kier molecular flexibility index (Phi) is 7.44. The van der Waals surface area contributed by atoms with Crippen molar-refractivity contribution < 1.29 is 19.7 Å². The third-order valence-electron chi connectivity index (χ3n) is 8.41. The van der Waals surface area contributed by atoms with Gasteiger partial charge in [-0.1, -0.05) is 19.1 Å². The number of aromatic amines is 1. The standard InChI is InChI=1S/C28H40FN5O3/c1-4-16-12-19(36)5-6-20(16)21-7-8-22-25(24(21)29)32-33-26(22)27-30-13-23(31-27)17-11-18(15-35)34(14-17)10-9-28(2,3)37/h5-6,11-13,18,21-22,24-26,32-33,35-37H,4,7-10,14-15H2,1-3H3,(H,30,31)/t18-,21?,22?,24?,25?,26?/m1/s1. The van der Waals surface area contributed by atoms with Crippen molar-refractivity contribution in [2.24, 2.45) is 5.92 Å². The number of aliphatic hydroxyl groups is 2. The fourth-order valence-corrected chi connectivity index (χ4v) is 6.30. The predicted molar refractivity (Wildman–Crippen MR) is 141 cm³/mol. The molecule has 2 aliphatic heterocycles. The van der Waals surface area contributed by atoms with Gasteiger partial charge >= 0.3 is 0 Å². The monoisotopic (exact) mass is 513 g/mol. The average molecular weight is 514 g/mol. The van der Waals surface area contributed by atoms with Gasteiger partial charge in [-0.25, -0.2) is 14.8 Å². The largest absolute Gasteiger partial charge is 0.508 e. The fraction of sp³-hybridized carbons (Fsp3) is 0.607. The molecule has 5 rings (SSSR count). The second-order valence-electron chi connectivity index (χ2n) is 11.5. The number of hydrogen-bond donors (Lipinski definition) is 6. The van der Waals surface area contributed by atoms with Crippen molar-refractivity contribution in [2.45, 2.75) is 82.3 Å². The number of phenols is 1. The number of hydrogen-bond acceptors (Lipinski definition) is 7. The summed E-state index contributed by atoms with van der Waals surface area (Å²) in [6.45, 7) is 7.01. The van der Waals surface area contributed by atoms with Crippen molar-refractivity contribution in [2.75, 3.05) is 19.7 Å². The molecule has 1 saturated heterocycles. The van der Waals surface area contributed by atoms with Gasteiger partial charge in [-0.05, 0) is 68.4 Å². The lowest BCUT2D eigenvalue weighted by atomic mass is 9.71. The molecule has 5 unspecified atom stereocenters. The number of nitrogens with one attached hydrogen (secondary N) is 3. The highest BCUT2D eigenvalue weighted by Gasteiger charge is 2.48. The Morgan fingerprint density at radius 2 is 2.03 bits per heavy atom. The van der Waals surface area contributed by atoms with Crippen LogP contribution in [0.25, 0.3) is 5.57 Å². The molecule has 3 aliphatic rings. The number of fused-ring (bicyclic) bond motifs is 1. The number of aromatic hydroxyl groups is 1. The number of alkyl halides is 1. The molecule has 6 N–H and O–H groups in total. The van der Waals surface area contributed by atoms with Crippen LogP contribution in [0.5, 0.6) is 5.75 Å². The zero-order valence-corrected chi connectivity index (χ0v) is 21.9. The van der Waals surface area contributed by atoms with E-state index in [4.69, 9.17) is 0 Å². The second-order valence-corrected chi connectivity index (χ2v) is 11.5. The van der Waals surface area contributed by atoms with Crippen LogP contribution >= 0.6 is 0 Å². The number of rotatable bonds is 8. The third kappa shape index (κ3) is 5.33. The summed E-state index contributed by atoms with van der Waals surface area (Å²) in [7, 11) is 0. The highest BCUT2D eigenvalue weighted by atomic mass is 19.1. The van der Waals surface area contributed by atoms with E-state index in [0.717, 1.165) is 47.5 Å². The minimum Gasteiger partial charge on any atom is -0.508 e. The van der Waals surface area contributed by atoms with Gasteiger partial charge in [0.2, 0.25) is 0 Å². The van der Waals surface area contributed by atoms with Gasteiger partial charge in [0.25, 0.3) is 0 Å². The van der Waals surface area contributed by atoms with Crippen molar-refractivity contribution in [3.8, 4) is 5.75 Å². The molecule has 0 bridgehead atoms. The predicted octanol–water partition coefficient (Wildman–Crippen LogP) is 2.95. The minimum absolute atomic E-state index is 0.0219. The van der Waals surface area contributed by atoms with E-state index < -0.39 is 11.8 Å². The summed E-state index contributed by atoms with van der Waals surface area (Å²) >= 11 is 0. The molecule has 202 valence electrons. The first-order valence-electron chi connectivity index (χ1n) is 13.5. The molecule has 1 aromatic heterocycles. The SMILES string of the molecule is CCc1cc(O)ccc1C1CCC2C(c3ncc(C4=C[C@H](CO)N(CCC(C)(C)O)C4)[nH]3)NNC2C1F. The van der Waals surface area contributed by atoms with E-state index in [9.17, 15) is 15.3 Å². The van der Waals surface area contributed by atoms with Crippen molar-refractivity contribution in [3.05, 3.63) is 53.1 Å². The lowest BCUT2D eigenvalue weighted by Gasteiger charge is -2.36. The zero-order chi connectivity index (χ0) is 26.3. The van der Waals surface area contributed by atoms with Gasteiger partial charge in [-0.2, -0.15) is 0 Å². The summed E-state index contributed by atoms with van der Waals surface area (Å²) in [6, 6.07) is 4.76. The van der Waals surface area contributed by atoms with Crippen LogP contribution in [0.1, 0.15) is 74.6 Å². The number of benzene rings is 1. The van der Waals surface area contributed by atoms with Crippen LogP contribution in [0.15, 0.2) is 30.5 Å². The van der Waals surface area contributed by atoms with E-state index in [1.807, 2.05) is 19.2 Å². The van der Waals surface area contributed by atoms with Gasteiger partial charge in [0.05, 0.1) is 42.2 Å². The molecule has 0 radical (unpaired) electrons. The van der Waals surface area contributed by atoms with Crippen LogP contribution in [-0.4, -0.2) is 73.7 Å². The van der Waals surface area contributed by atoms with E-state index in [-0.39, 0.29) is 42.3 Å². The van der Waals surface area contributed by atoms with Crippen molar-refractivity contribution in [1.29, 1.82) is 0 Å². The van der Waals surface area contributed by atoms with Crippen molar-refractivity contribution in [1.82, 2.24) is 25.7 Å². The number of H-pyrrole nitrogens is 1. The van der Waals surface area contributed by atoms with Gasteiger partial charge in [0, 0.05) is 24.9 Å². The summed E-state index contributed by atoms with van der Waals surface area (Å²) < 4.78 is 15.9. The minimum atomic E-state index is -1.05. The van der Waals surface area contributed by atoms with Crippen molar-refractivity contribution in [3.63, 3.8) is 0 Å². The van der Waals surface area contributed by atoms with Gasteiger partial charge in [-0.15, -0.1) is 0 Å². The second kappa shape index (κ2) is 10.5. The van der Waals surface area contributed by atoms with Crippen LogP contribution in [0.2, 0.25) is 0 Å². The summed E-state index contributed by atoms with van der Waals surface area (Å²) in [5, 5.41) is 29.8. The van der Waals surface area contributed by atoms with Gasteiger partial charge in [0.15, 0.2) is 0 Å². The Bertz CT molecular complexity index is 1130. The zero-order valence-electron chi connectivity index (χ0n) is 21.9. The maximum Gasteiger partial charge on any atom is 0.125 e. The third-order valence-corrected chi connectivity index (χ3v) is 8.41. The molecule has 0 spiro atoms. The topological polar surface area (TPSA) is 117 Å². The lowest BCUT2D eigenvalue weighted by molar-refractivity contribution is 0.0533. The van der Waals surface area contributed by atoms with Crippen LogP contribution in [0.4, 0.5) is 4.39 Å². The van der Waals surface area contributed by atoms with Crippen LogP contribution in [0, 0.1) is 5.92 Å². The van der Waals surface area contributed by atoms with E-state index in [0.29, 0.717) is 19.5 Å². The summed E-state index contributed by atoms with van der Waals surface area (Å²) in [4.78, 5) is 10.3. The first-order chi connectivity index (χ1) is 17.7. The Labute approximate surface area is 218 Å². The Balaban J connectivity index is 1.27. The van der Waals surface area contributed by atoms with E-state index >= 15 is 4.39 Å². The van der Waals surface area contributed by atoms with E-state index in [2.05, 4.69) is 31.8 Å². The molecular formula is C28H40FN5O3. The number of aromatic nitrogens is 2. The molecular weight excluding hydrogens is 473 g/mol. The molecule has 1 aromatic carbocycles. The normalized spacial score (nSPS) is 30.5. The maximum atomic E-state index is 15.9. The Morgan fingerprint density at radius 1 is 1.22 bits per heavy atom. The number of aliphatic hydroxyl groups excluding tert-OH is 1. The molecule has 8 nitrogen and oxygen atoms in total. The number of nitrogens with zero attached hydrogens (tertiary/aromatic N) is 2. The van der Waals surface area contributed by atoms with E-state index in [1.54, 1.807) is 26.0 Å². The highest BCUT2D eigenvalue weighted by Crippen LogP contribution is 2.45. The van der Waals surface area contributed by atoms with Gasteiger partial charge in [-0.3, -0.25) is 10.3 Å². The van der Waals surface area contributed by atoms with Crippen LogP contribution < -0.4 is 10.9 Å². The molecule has 2 aromatic rings. The number of hydrazine groups is 1. The average Bonchev–Trinajstić information content (AvgIpc) is 3.60. The smallest absolute Gasteiger partial charge is 0.125 e. The molecule has 2 fully saturated rings. The Hall–Kier alpha value is -2.30. The molecule has 9 heteroatoms. The number of halogens is 1. The highest BCUT2D eigenvalue weighted by molar-refractivity contribution is 5.67. The molecule has 37 heavy (non-hydrogen) atoms. The number of imidazole rings is 1. The fourth-order valence-electron chi connectivity index (χ4n) is 6.30. The first-order valence-corrected chi connectivity index (χ1v) is 13.5. The molecule has 1 saturated carbocycles. The van der Waals surface area contributed by atoms with E-state index in [1.165, 1.54) is 0 Å². The maximum absolute atomic E-state index is 15.9. The molecule has 0 amide bonds.